The van der Waals surface area contributed by atoms with E-state index in [2.05, 4.69) is 9.97 Å². The van der Waals surface area contributed by atoms with E-state index in [0.29, 0.717) is 17.0 Å². The standard InChI is InChI=1S/C20H13F5N4O2S/c21-11-8-12-16(15(23)14(11)22)27-19(32-12)31-13-9-29(6-3-20(13,24)25)18(30)10-2-1-5-28-7-4-26-17(10)28/h1-2,4-5,7-8,13H,3,6,9H2/t13-/m0/s1. The molecular formula is C20H13F5N4O2S. The van der Waals surface area contributed by atoms with Gasteiger partial charge in [0.2, 0.25) is 0 Å². The number of thiazole rings is 1. The average molecular weight is 468 g/mol. The third-order valence-corrected chi connectivity index (χ3v) is 6.15. The van der Waals surface area contributed by atoms with Crippen LogP contribution in [0.4, 0.5) is 22.0 Å². The Labute approximate surface area is 180 Å². The van der Waals surface area contributed by atoms with E-state index in [1.807, 2.05) is 0 Å². The highest BCUT2D eigenvalue weighted by atomic mass is 32.1. The maximum Gasteiger partial charge on any atom is 0.287 e. The summed E-state index contributed by atoms with van der Waals surface area (Å²) in [5.74, 6) is -8.44. The predicted molar refractivity (Wildman–Crippen MR) is 105 cm³/mol. The van der Waals surface area contributed by atoms with Gasteiger partial charge in [0.05, 0.1) is 16.8 Å². The molecule has 3 aromatic heterocycles. The number of hydrogen-bond donors (Lipinski definition) is 0. The van der Waals surface area contributed by atoms with Crippen LogP contribution in [0.2, 0.25) is 0 Å². The van der Waals surface area contributed by atoms with Crippen molar-refractivity contribution in [3.05, 3.63) is 59.8 Å². The maximum absolute atomic E-state index is 14.6. The molecule has 4 heterocycles. The van der Waals surface area contributed by atoms with Crippen LogP contribution in [0, 0.1) is 17.5 Å². The lowest BCUT2D eigenvalue weighted by atomic mass is 10.0. The molecule has 166 valence electrons. The molecule has 0 N–H and O–H groups in total. The molecule has 0 saturated carbocycles. The number of piperidine rings is 1. The number of likely N-dealkylation sites (tertiary alicyclic amines) is 1. The monoisotopic (exact) mass is 468 g/mol. The zero-order chi connectivity index (χ0) is 22.6. The number of carbonyl (C=O) groups is 1. The molecule has 1 aliphatic rings. The average Bonchev–Trinajstić information content (AvgIpc) is 3.39. The number of nitrogens with zero attached hydrogens (tertiary/aromatic N) is 4. The minimum atomic E-state index is -3.30. The molecule has 0 aliphatic carbocycles. The van der Waals surface area contributed by atoms with Crippen LogP contribution in [0.15, 0.2) is 36.8 Å². The maximum atomic E-state index is 14.6. The summed E-state index contributed by atoms with van der Waals surface area (Å²) in [5.41, 5.74) is 0.120. The van der Waals surface area contributed by atoms with Crippen molar-refractivity contribution in [2.45, 2.75) is 18.4 Å². The number of imidazole rings is 1. The number of amides is 1. The number of halogens is 5. The highest BCUT2D eigenvalue weighted by Gasteiger charge is 2.47. The second kappa shape index (κ2) is 7.40. The molecule has 1 aliphatic heterocycles. The molecular weight excluding hydrogens is 455 g/mol. The van der Waals surface area contributed by atoms with Crippen molar-refractivity contribution >= 4 is 33.1 Å². The molecule has 4 aromatic rings. The molecule has 0 unspecified atom stereocenters. The molecule has 6 nitrogen and oxygen atoms in total. The van der Waals surface area contributed by atoms with Crippen molar-refractivity contribution in [1.29, 1.82) is 0 Å². The number of carbonyl (C=O) groups excluding carboxylic acids is 1. The van der Waals surface area contributed by atoms with Crippen molar-refractivity contribution in [3.63, 3.8) is 0 Å². The Kier molecular flexibility index (Phi) is 4.77. The van der Waals surface area contributed by atoms with Gasteiger partial charge >= 0.3 is 0 Å². The molecule has 5 rings (SSSR count). The Morgan fingerprint density at radius 2 is 2.03 bits per heavy atom. The van der Waals surface area contributed by atoms with Gasteiger partial charge in [0, 0.05) is 31.6 Å². The fourth-order valence-corrected chi connectivity index (χ4v) is 4.47. The van der Waals surface area contributed by atoms with Crippen molar-refractivity contribution in [1.82, 2.24) is 19.3 Å². The minimum Gasteiger partial charge on any atom is -0.458 e. The fraction of sp³-hybridized carbons (Fsp3) is 0.250. The lowest BCUT2D eigenvalue weighted by molar-refractivity contribution is -0.130. The molecule has 32 heavy (non-hydrogen) atoms. The van der Waals surface area contributed by atoms with Gasteiger partial charge in [-0.05, 0) is 18.2 Å². The number of pyridine rings is 1. The molecule has 0 bridgehead atoms. The van der Waals surface area contributed by atoms with Crippen molar-refractivity contribution < 1.29 is 31.5 Å². The summed E-state index contributed by atoms with van der Waals surface area (Å²) in [7, 11) is 0. The summed E-state index contributed by atoms with van der Waals surface area (Å²) in [6.45, 7) is -0.674. The summed E-state index contributed by atoms with van der Waals surface area (Å²) in [6, 6.07) is 3.91. The van der Waals surface area contributed by atoms with Crippen molar-refractivity contribution in [3.8, 4) is 5.19 Å². The molecule has 0 spiro atoms. The third kappa shape index (κ3) is 3.34. The van der Waals surface area contributed by atoms with E-state index >= 15 is 0 Å². The van der Waals surface area contributed by atoms with Crippen LogP contribution in [0.1, 0.15) is 16.8 Å². The molecule has 1 fully saturated rings. The van der Waals surface area contributed by atoms with Gasteiger partial charge in [0.1, 0.15) is 11.2 Å². The van der Waals surface area contributed by atoms with Gasteiger partial charge in [0.15, 0.2) is 23.6 Å². The summed E-state index contributed by atoms with van der Waals surface area (Å²) in [4.78, 5) is 22.1. The van der Waals surface area contributed by atoms with Gasteiger partial charge in [-0.25, -0.2) is 26.9 Å². The first-order valence-corrected chi connectivity index (χ1v) is 10.3. The van der Waals surface area contributed by atoms with Gasteiger partial charge in [-0.2, -0.15) is 4.98 Å². The Morgan fingerprint density at radius 3 is 2.84 bits per heavy atom. The van der Waals surface area contributed by atoms with Gasteiger partial charge < -0.3 is 14.0 Å². The Morgan fingerprint density at radius 1 is 1.22 bits per heavy atom. The molecule has 0 radical (unpaired) electrons. The van der Waals surface area contributed by atoms with E-state index in [9.17, 15) is 26.7 Å². The lowest BCUT2D eigenvalue weighted by Crippen LogP contribution is -2.55. The van der Waals surface area contributed by atoms with Crippen LogP contribution >= 0.6 is 11.3 Å². The van der Waals surface area contributed by atoms with E-state index < -0.39 is 53.9 Å². The van der Waals surface area contributed by atoms with Gasteiger partial charge in [-0.1, -0.05) is 11.3 Å². The number of hydrogen-bond acceptors (Lipinski definition) is 5. The normalized spacial score (nSPS) is 18.4. The van der Waals surface area contributed by atoms with Gasteiger partial charge in [-0.3, -0.25) is 4.79 Å². The van der Waals surface area contributed by atoms with Gasteiger partial charge in [-0.15, -0.1) is 0 Å². The van der Waals surface area contributed by atoms with E-state index in [1.165, 1.54) is 11.1 Å². The van der Waals surface area contributed by atoms with Crippen LogP contribution in [0.3, 0.4) is 0 Å². The number of benzene rings is 1. The largest absolute Gasteiger partial charge is 0.458 e. The fourth-order valence-electron chi connectivity index (χ4n) is 3.59. The number of alkyl halides is 2. The van der Waals surface area contributed by atoms with Crippen LogP contribution in [0.25, 0.3) is 15.9 Å². The number of ether oxygens (including phenoxy) is 1. The molecule has 1 atom stereocenters. The highest BCUT2D eigenvalue weighted by molar-refractivity contribution is 7.20. The van der Waals surface area contributed by atoms with E-state index in [4.69, 9.17) is 4.74 Å². The number of fused-ring (bicyclic) bond motifs is 2. The minimum absolute atomic E-state index is 0.0885. The van der Waals surface area contributed by atoms with Gasteiger partial charge in [0.25, 0.3) is 17.0 Å². The Bertz CT molecular complexity index is 1350. The van der Waals surface area contributed by atoms with Crippen LogP contribution < -0.4 is 4.74 Å². The molecule has 1 amide bonds. The lowest BCUT2D eigenvalue weighted by Gasteiger charge is -2.37. The summed E-state index contributed by atoms with van der Waals surface area (Å²) in [5, 5.41) is -0.377. The molecule has 12 heteroatoms. The Hall–Kier alpha value is -3.28. The first-order chi connectivity index (χ1) is 15.2. The van der Waals surface area contributed by atoms with Crippen LogP contribution in [0.5, 0.6) is 5.19 Å². The first-order valence-electron chi connectivity index (χ1n) is 9.44. The second-order valence-corrected chi connectivity index (χ2v) is 8.25. The summed E-state index contributed by atoms with van der Waals surface area (Å²) < 4.78 is 76.8. The molecule has 1 aromatic carbocycles. The first kappa shape index (κ1) is 20.6. The Balaban J connectivity index is 1.42. The predicted octanol–water partition coefficient (Wildman–Crippen LogP) is 4.29. The summed E-state index contributed by atoms with van der Waals surface area (Å²) >= 11 is 0.608. The number of aromatic nitrogens is 3. The van der Waals surface area contributed by atoms with Crippen LogP contribution in [-0.2, 0) is 0 Å². The number of rotatable bonds is 3. The zero-order valence-electron chi connectivity index (χ0n) is 16.1. The second-order valence-electron chi connectivity index (χ2n) is 7.26. The van der Waals surface area contributed by atoms with E-state index in [0.717, 1.165) is 6.07 Å². The van der Waals surface area contributed by atoms with Crippen molar-refractivity contribution in [2.24, 2.45) is 0 Å². The SMILES string of the molecule is O=C(c1cccn2ccnc12)N1CCC(F)(F)[C@@H](Oc2nc3c(F)c(F)c(F)cc3s2)C1. The highest BCUT2D eigenvalue weighted by Crippen LogP contribution is 2.36. The van der Waals surface area contributed by atoms with E-state index in [-0.39, 0.29) is 22.0 Å². The quantitative estimate of drug-likeness (QED) is 0.333. The third-order valence-electron chi connectivity index (χ3n) is 5.25. The van der Waals surface area contributed by atoms with E-state index in [1.54, 1.807) is 28.9 Å². The summed E-state index contributed by atoms with van der Waals surface area (Å²) in [6.07, 6.45) is 2.43. The van der Waals surface area contributed by atoms with Crippen molar-refractivity contribution in [2.75, 3.05) is 13.1 Å². The van der Waals surface area contributed by atoms with Crippen LogP contribution in [-0.4, -0.2) is 50.3 Å². The topological polar surface area (TPSA) is 59.7 Å². The molecule has 1 saturated heterocycles. The smallest absolute Gasteiger partial charge is 0.287 e. The zero-order valence-corrected chi connectivity index (χ0v) is 16.9.